The number of nitrogens with one attached hydrogen (secondary N) is 1. The van der Waals surface area contributed by atoms with E-state index < -0.39 is 0 Å². The number of nitrogens with two attached hydrogens (primary N) is 1. The molecule has 1 aliphatic carbocycles. The molecule has 22 heavy (non-hydrogen) atoms. The first-order valence-corrected chi connectivity index (χ1v) is 8.10. The Bertz CT molecular complexity index is 677. The van der Waals surface area contributed by atoms with E-state index in [0.29, 0.717) is 12.5 Å². The van der Waals surface area contributed by atoms with Crippen molar-refractivity contribution in [1.29, 1.82) is 0 Å². The number of amides is 1. The Morgan fingerprint density at radius 2 is 2.18 bits per heavy atom. The smallest absolute Gasteiger partial charge is 0.224 e. The minimum atomic E-state index is -0.126. The Balaban J connectivity index is 1.77. The standard InChI is InChI=1S/C18H24N2O2/c1-11-14-7-3-4-9-16(14)22-17(11)12(2)20-18(21)15-8-5-6-13(15)10-19/h3-4,7,9,12-13,15H,5-6,8,10,19H2,1-2H3,(H,20,21)/t12?,13-,15-/m1/s1. The molecule has 118 valence electrons. The van der Waals surface area contributed by atoms with E-state index in [9.17, 15) is 4.79 Å². The van der Waals surface area contributed by atoms with Gasteiger partial charge in [-0.3, -0.25) is 4.79 Å². The zero-order valence-electron chi connectivity index (χ0n) is 13.3. The van der Waals surface area contributed by atoms with Crippen LogP contribution in [-0.2, 0) is 4.79 Å². The Kier molecular flexibility index (Phi) is 4.21. The van der Waals surface area contributed by atoms with Crippen LogP contribution in [-0.4, -0.2) is 12.5 Å². The summed E-state index contributed by atoms with van der Waals surface area (Å²) in [5.41, 5.74) is 7.75. The van der Waals surface area contributed by atoms with E-state index in [1.807, 2.05) is 38.1 Å². The van der Waals surface area contributed by atoms with Crippen molar-refractivity contribution in [2.75, 3.05) is 6.54 Å². The second kappa shape index (κ2) is 6.13. The number of benzene rings is 1. The van der Waals surface area contributed by atoms with Gasteiger partial charge in [0, 0.05) is 16.9 Å². The molecular formula is C18H24N2O2. The maximum Gasteiger partial charge on any atom is 0.224 e. The van der Waals surface area contributed by atoms with E-state index >= 15 is 0 Å². The zero-order chi connectivity index (χ0) is 15.7. The van der Waals surface area contributed by atoms with Crippen molar-refractivity contribution < 1.29 is 9.21 Å². The van der Waals surface area contributed by atoms with Gasteiger partial charge in [0.15, 0.2) is 0 Å². The van der Waals surface area contributed by atoms with Gasteiger partial charge in [-0.15, -0.1) is 0 Å². The van der Waals surface area contributed by atoms with Gasteiger partial charge < -0.3 is 15.5 Å². The number of aryl methyl sites for hydroxylation is 1. The Labute approximate surface area is 131 Å². The summed E-state index contributed by atoms with van der Waals surface area (Å²) in [5, 5.41) is 4.23. The van der Waals surface area contributed by atoms with Gasteiger partial charge >= 0.3 is 0 Å². The lowest BCUT2D eigenvalue weighted by Crippen LogP contribution is -2.36. The monoisotopic (exact) mass is 300 g/mol. The van der Waals surface area contributed by atoms with Gasteiger partial charge in [0.05, 0.1) is 6.04 Å². The molecule has 1 aliphatic rings. The van der Waals surface area contributed by atoms with Crippen LogP contribution in [0.25, 0.3) is 11.0 Å². The summed E-state index contributed by atoms with van der Waals surface area (Å²) < 4.78 is 5.94. The molecule has 0 spiro atoms. The highest BCUT2D eigenvalue weighted by Gasteiger charge is 2.33. The number of carbonyl (C=O) groups excluding carboxylic acids is 1. The number of carbonyl (C=O) groups is 1. The van der Waals surface area contributed by atoms with Gasteiger partial charge in [-0.05, 0) is 45.2 Å². The molecule has 0 aliphatic heterocycles. The van der Waals surface area contributed by atoms with E-state index in [0.717, 1.165) is 41.6 Å². The third-order valence-corrected chi connectivity index (χ3v) is 4.93. The maximum atomic E-state index is 12.5. The van der Waals surface area contributed by atoms with E-state index in [-0.39, 0.29) is 17.9 Å². The minimum Gasteiger partial charge on any atom is -0.459 e. The van der Waals surface area contributed by atoms with Crippen LogP contribution in [0.2, 0.25) is 0 Å². The summed E-state index contributed by atoms with van der Waals surface area (Å²) in [6, 6.07) is 7.85. The average Bonchev–Trinajstić information content (AvgIpc) is 3.12. The van der Waals surface area contributed by atoms with Crippen LogP contribution in [0.3, 0.4) is 0 Å². The number of furan rings is 1. The van der Waals surface area contributed by atoms with Crippen molar-refractivity contribution in [2.45, 2.75) is 39.2 Å². The molecule has 4 nitrogen and oxygen atoms in total. The fourth-order valence-corrected chi connectivity index (χ4v) is 3.66. The first-order chi connectivity index (χ1) is 10.6. The molecule has 1 aromatic carbocycles. The van der Waals surface area contributed by atoms with E-state index in [2.05, 4.69) is 5.32 Å². The quantitative estimate of drug-likeness (QED) is 0.910. The molecular weight excluding hydrogens is 276 g/mol. The molecule has 3 rings (SSSR count). The van der Waals surface area contributed by atoms with Crippen LogP contribution >= 0.6 is 0 Å². The lowest BCUT2D eigenvalue weighted by molar-refractivity contribution is -0.126. The first kappa shape index (κ1) is 15.1. The zero-order valence-corrected chi connectivity index (χ0v) is 13.3. The largest absolute Gasteiger partial charge is 0.459 e. The molecule has 1 saturated carbocycles. The lowest BCUT2D eigenvalue weighted by atomic mass is 9.95. The van der Waals surface area contributed by atoms with Crippen LogP contribution in [0.1, 0.15) is 43.6 Å². The molecule has 3 N–H and O–H groups in total. The normalized spacial score (nSPS) is 22.9. The maximum absolute atomic E-state index is 12.5. The Morgan fingerprint density at radius 1 is 1.41 bits per heavy atom. The summed E-state index contributed by atoms with van der Waals surface area (Å²) in [6.45, 7) is 4.62. The summed E-state index contributed by atoms with van der Waals surface area (Å²) in [5.74, 6) is 1.33. The number of para-hydroxylation sites is 1. The second-order valence-corrected chi connectivity index (χ2v) is 6.35. The molecule has 0 bridgehead atoms. The fourth-order valence-electron chi connectivity index (χ4n) is 3.66. The van der Waals surface area contributed by atoms with Gasteiger partial charge in [-0.2, -0.15) is 0 Å². The van der Waals surface area contributed by atoms with Gasteiger partial charge in [-0.1, -0.05) is 24.6 Å². The Morgan fingerprint density at radius 3 is 2.91 bits per heavy atom. The lowest BCUT2D eigenvalue weighted by Gasteiger charge is -2.20. The summed E-state index contributed by atoms with van der Waals surface area (Å²) in [7, 11) is 0. The summed E-state index contributed by atoms with van der Waals surface area (Å²) in [4.78, 5) is 12.5. The van der Waals surface area contributed by atoms with Gasteiger partial charge in [0.1, 0.15) is 11.3 Å². The van der Waals surface area contributed by atoms with Crippen LogP contribution in [0.15, 0.2) is 28.7 Å². The minimum absolute atomic E-state index is 0.0529. The number of rotatable bonds is 4. The van der Waals surface area contributed by atoms with Crippen LogP contribution in [0.5, 0.6) is 0 Å². The second-order valence-electron chi connectivity index (χ2n) is 6.35. The van der Waals surface area contributed by atoms with Crippen molar-refractivity contribution in [2.24, 2.45) is 17.6 Å². The topological polar surface area (TPSA) is 68.3 Å². The van der Waals surface area contributed by atoms with Crippen LogP contribution < -0.4 is 11.1 Å². The molecule has 1 aromatic heterocycles. The third-order valence-electron chi connectivity index (χ3n) is 4.93. The molecule has 1 amide bonds. The van der Waals surface area contributed by atoms with Crippen LogP contribution in [0.4, 0.5) is 0 Å². The van der Waals surface area contributed by atoms with Crippen molar-refractivity contribution in [3.63, 3.8) is 0 Å². The highest BCUT2D eigenvalue weighted by molar-refractivity contribution is 5.83. The highest BCUT2D eigenvalue weighted by atomic mass is 16.3. The third kappa shape index (κ3) is 2.63. The Hall–Kier alpha value is -1.81. The van der Waals surface area contributed by atoms with Crippen molar-refractivity contribution in [1.82, 2.24) is 5.32 Å². The summed E-state index contributed by atoms with van der Waals surface area (Å²) in [6.07, 6.45) is 3.10. The number of hydrogen-bond donors (Lipinski definition) is 2. The molecule has 1 unspecified atom stereocenters. The molecule has 4 heteroatoms. The number of hydrogen-bond acceptors (Lipinski definition) is 3. The van der Waals surface area contributed by atoms with Crippen molar-refractivity contribution in [3.05, 3.63) is 35.6 Å². The molecule has 1 heterocycles. The van der Waals surface area contributed by atoms with E-state index in [4.69, 9.17) is 10.2 Å². The molecule has 0 radical (unpaired) electrons. The van der Waals surface area contributed by atoms with Crippen LogP contribution in [0, 0.1) is 18.8 Å². The first-order valence-electron chi connectivity index (χ1n) is 8.10. The van der Waals surface area contributed by atoms with E-state index in [1.165, 1.54) is 0 Å². The van der Waals surface area contributed by atoms with Gasteiger partial charge in [-0.25, -0.2) is 0 Å². The molecule has 1 fully saturated rings. The predicted molar refractivity (Wildman–Crippen MR) is 87.4 cm³/mol. The highest BCUT2D eigenvalue weighted by Crippen LogP contribution is 2.33. The molecule has 2 aromatic rings. The number of fused-ring (bicyclic) bond motifs is 1. The van der Waals surface area contributed by atoms with Crippen molar-refractivity contribution in [3.8, 4) is 0 Å². The van der Waals surface area contributed by atoms with Gasteiger partial charge in [0.2, 0.25) is 5.91 Å². The van der Waals surface area contributed by atoms with Gasteiger partial charge in [0.25, 0.3) is 0 Å². The average molecular weight is 300 g/mol. The molecule has 3 atom stereocenters. The molecule has 0 saturated heterocycles. The SMILES string of the molecule is Cc1c(C(C)NC(=O)[C@@H]2CCC[C@@H]2CN)oc2ccccc12. The van der Waals surface area contributed by atoms with E-state index in [1.54, 1.807) is 0 Å². The van der Waals surface area contributed by atoms with Crippen molar-refractivity contribution >= 4 is 16.9 Å². The summed E-state index contributed by atoms with van der Waals surface area (Å²) >= 11 is 0. The predicted octanol–water partition coefficient (Wildman–Crippen LogP) is 3.29. The fraction of sp³-hybridized carbons (Fsp3) is 0.500.